The van der Waals surface area contributed by atoms with Crippen molar-refractivity contribution in [2.75, 3.05) is 32.4 Å². The van der Waals surface area contributed by atoms with Gasteiger partial charge in [-0.2, -0.15) is 0 Å². The fourth-order valence-electron chi connectivity index (χ4n) is 2.03. The zero-order chi connectivity index (χ0) is 18.2. The number of amides is 1. The third-order valence-corrected chi connectivity index (χ3v) is 3.90. The van der Waals surface area contributed by atoms with Crippen molar-refractivity contribution in [2.45, 2.75) is 5.03 Å². The van der Waals surface area contributed by atoms with Crippen molar-refractivity contribution in [3.63, 3.8) is 0 Å². The van der Waals surface area contributed by atoms with Gasteiger partial charge in [-0.1, -0.05) is 0 Å². The molecule has 0 bridgehead atoms. The summed E-state index contributed by atoms with van der Waals surface area (Å²) in [5.74, 6) is -0.0274. The van der Waals surface area contributed by atoms with Gasteiger partial charge in [-0.15, -0.1) is 11.8 Å². The monoisotopic (exact) mass is 362 g/mol. The van der Waals surface area contributed by atoms with Crippen LogP contribution in [0.15, 0.2) is 41.6 Å². The molecule has 0 saturated heterocycles. The normalized spacial score (nSPS) is 10.0. The van der Waals surface area contributed by atoms with E-state index in [9.17, 15) is 9.59 Å². The number of carbonyl (C=O) groups is 2. The van der Waals surface area contributed by atoms with Crippen molar-refractivity contribution >= 4 is 29.3 Å². The third kappa shape index (κ3) is 4.87. The largest absolute Gasteiger partial charge is 0.493 e. The van der Waals surface area contributed by atoms with E-state index in [1.54, 1.807) is 36.5 Å². The summed E-state index contributed by atoms with van der Waals surface area (Å²) in [5, 5.41) is 3.18. The van der Waals surface area contributed by atoms with Crippen LogP contribution in [0.4, 0.5) is 5.69 Å². The summed E-state index contributed by atoms with van der Waals surface area (Å²) in [6.45, 7) is -0.407. The van der Waals surface area contributed by atoms with E-state index in [0.717, 1.165) is 0 Å². The molecule has 8 heteroatoms. The molecule has 0 aliphatic carbocycles. The molecule has 0 atom stereocenters. The maximum absolute atomic E-state index is 12.1. The first kappa shape index (κ1) is 18.6. The lowest BCUT2D eigenvalue weighted by Gasteiger charge is -2.11. The number of pyridine rings is 1. The number of ether oxygens (including phenoxy) is 3. The first-order chi connectivity index (χ1) is 12.1. The Morgan fingerprint density at radius 3 is 2.60 bits per heavy atom. The molecule has 1 amide bonds. The molecule has 1 heterocycles. The SMILES string of the molecule is COc1ccc(NC(=O)COC(=O)c2cccnc2SC)cc1OC. The molecule has 0 unspecified atom stereocenters. The van der Waals surface area contributed by atoms with Crippen molar-refractivity contribution in [1.29, 1.82) is 0 Å². The number of thioether (sulfide) groups is 1. The van der Waals surface area contributed by atoms with Gasteiger partial charge in [0.15, 0.2) is 18.1 Å². The maximum Gasteiger partial charge on any atom is 0.341 e. The molecule has 0 spiro atoms. The van der Waals surface area contributed by atoms with E-state index in [1.807, 2.05) is 6.26 Å². The van der Waals surface area contributed by atoms with Crippen molar-refractivity contribution in [1.82, 2.24) is 4.98 Å². The lowest BCUT2D eigenvalue weighted by molar-refractivity contribution is -0.119. The Hall–Kier alpha value is -2.74. The van der Waals surface area contributed by atoms with Crippen LogP contribution in [0.1, 0.15) is 10.4 Å². The average molecular weight is 362 g/mol. The van der Waals surface area contributed by atoms with E-state index in [0.29, 0.717) is 27.8 Å². The summed E-state index contributed by atoms with van der Waals surface area (Å²) in [6.07, 6.45) is 3.40. The van der Waals surface area contributed by atoms with Gasteiger partial charge in [-0.25, -0.2) is 9.78 Å². The van der Waals surface area contributed by atoms with Crippen LogP contribution in [0, 0.1) is 0 Å². The van der Waals surface area contributed by atoms with Gasteiger partial charge in [-0.05, 0) is 30.5 Å². The molecule has 0 aliphatic heterocycles. The summed E-state index contributed by atoms with van der Waals surface area (Å²) in [4.78, 5) is 28.1. The van der Waals surface area contributed by atoms with Gasteiger partial charge in [0, 0.05) is 18.0 Å². The van der Waals surface area contributed by atoms with Gasteiger partial charge >= 0.3 is 5.97 Å². The number of aromatic nitrogens is 1. The zero-order valence-electron chi connectivity index (χ0n) is 14.1. The summed E-state index contributed by atoms with van der Waals surface area (Å²) >= 11 is 1.33. The minimum Gasteiger partial charge on any atom is -0.493 e. The quantitative estimate of drug-likeness (QED) is 0.598. The number of nitrogens with one attached hydrogen (secondary N) is 1. The Bertz CT molecular complexity index is 766. The molecule has 0 radical (unpaired) electrons. The predicted octanol–water partition coefficient (Wildman–Crippen LogP) is 2.62. The van der Waals surface area contributed by atoms with Crippen LogP contribution in [0.3, 0.4) is 0 Å². The minimum atomic E-state index is -0.597. The lowest BCUT2D eigenvalue weighted by atomic mass is 10.2. The fourth-order valence-corrected chi connectivity index (χ4v) is 2.57. The van der Waals surface area contributed by atoms with Gasteiger partial charge in [0.1, 0.15) is 5.03 Å². The molecular weight excluding hydrogens is 344 g/mol. The van der Waals surface area contributed by atoms with Gasteiger partial charge in [0.2, 0.25) is 0 Å². The maximum atomic E-state index is 12.1. The number of hydrogen-bond acceptors (Lipinski definition) is 7. The minimum absolute atomic E-state index is 0.328. The Morgan fingerprint density at radius 1 is 1.16 bits per heavy atom. The lowest BCUT2D eigenvalue weighted by Crippen LogP contribution is -2.21. The molecule has 0 aliphatic rings. The van der Waals surface area contributed by atoms with Gasteiger partial charge in [0.05, 0.1) is 19.8 Å². The molecule has 2 aromatic rings. The number of anilines is 1. The average Bonchev–Trinajstić information content (AvgIpc) is 2.65. The van der Waals surface area contributed by atoms with Crippen molar-refractivity contribution in [2.24, 2.45) is 0 Å². The number of carbonyl (C=O) groups excluding carboxylic acids is 2. The van der Waals surface area contributed by atoms with Crippen LogP contribution in [0.5, 0.6) is 11.5 Å². The van der Waals surface area contributed by atoms with Crippen molar-refractivity contribution in [3.05, 3.63) is 42.1 Å². The van der Waals surface area contributed by atoms with E-state index in [4.69, 9.17) is 14.2 Å². The van der Waals surface area contributed by atoms with Gasteiger partial charge in [0.25, 0.3) is 5.91 Å². The van der Waals surface area contributed by atoms with Crippen molar-refractivity contribution in [3.8, 4) is 11.5 Å². The molecule has 2 rings (SSSR count). The van der Waals surface area contributed by atoms with Crippen LogP contribution < -0.4 is 14.8 Å². The Kier molecular flexibility index (Phi) is 6.64. The van der Waals surface area contributed by atoms with E-state index in [-0.39, 0.29) is 0 Å². The second-order valence-corrected chi connectivity index (χ2v) is 5.55. The van der Waals surface area contributed by atoms with Crippen LogP contribution in [-0.4, -0.2) is 43.9 Å². The van der Waals surface area contributed by atoms with Crippen LogP contribution in [-0.2, 0) is 9.53 Å². The molecule has 7 nitrogen and oxygen atoms in total. The third-order valence-electron chi connectivity index (χ3n) is 3.19. The molecule has 0 saturated carbocycles. The Labute approximate surface area is 149 Å². The number of hydrogen-bond donors (Lipinski definition) is 1. The van der Waals surface area contributed by atoms with E-state index in [1.165, 1.54) is 26.0 Å². The van der Waals surface area contributed by atoms with Gasteiger partial charge in [-0.3, -0.25) is 4.79 Å². The summed E-state index contributed by atoms with van der Waals surface area (Å²) in [5.41, 5.74) is 0.832. The molecule has 0 fully saturated rings. The topological polar surface area (TPSA) is 86.8 Å². The summed E-state index contributed by atoms with van der Waals surface area (Å²) in [7, 11) is 3.03. The van der Waals surface area contributed by atoms with E-state index < -0.39 is 18.5 Å². The summed E-state index contributed by atoms with van der Waals surface area (Å²) in [6, 6.07) is 8.19. The smallest absolute Gasteiger partial charge is 0.341 e. The van der Waals surface area contributed by atoms with Crippen LogP contribution in [0.2, 0.25) is 0 Å². The molecule has 132 valence electrons. The number of esters is 1. The number of rotatable bonds is 7. The Morgan fingerprint density at radius 2 is 1.92 bits per heavy atom. The number of methoxy groups -OCH3 is 2. The molecule has 1 aromatic heterocycles. The molecule has 1 N–H and O–H groups in total. The number of benzene rings is 1. The highest BCUT2D eigenvalue weighted by atomic mass is 32.2. The fraction of sp³-hybridized carbons (Fsp3) is 0.235. The Balaban J connectivity index is 1.95. The van der Waals surface area contributed by atoms with Crippen molar-refractivity contribution < 1.29 is 23.8 Å². The van der Waals surface area contributed by atoms with E-state index >= 15 is 0 Å². The highest BCUT2D eigenvalue weighted by molar-refractivity contribution is 7.98. The standard InChI is InChI=1S/C17H18N2O5S/c1-22-13-7-6-11(9-14(13)23-2)19-15(20)10-24-17(21)12-5-4-8-18-16(12)25-3/h4-9H,10H2,1-3H3,(H,19,20). The summed E-state index contributed by atoms with van der Waals surface area (Å²) < 4.78 is 15.3. The molecule has 25 heavy (non-hydrogen) atoms. The molecular formula is C17H18N2O5S. The van der Waals surface area contributed by atoms with Crippen LogP contribution >= 0.6 is 11.8 Å². The predicted molar refractivity (Wildman–Crippen MR) is 94.5 cm³/mol. The van der Waals surface area contributed by atoms with Gasteiger partial charge < -0.3 is 19.5 Å². The highest BCUT2D eigenvalue weighted by Crippen LogP contribution is 2.29. The first-order valence-corrected chi connectivity index (χ1v) is 8.49. The van der Waals surface area contributed by atoms with E-state index in [2.05, 4.69) is 10.3 Å². The zero-order valence-corrected chi connectivity index (χ0v) is 14.9. The highest BCUT2D eigenvalue weighted by Gasteiger charge is 2.15. The second kappa shape index (κ2) is 8.93. The first-order valence-electron chi connectivity index (χ1n) is 7.27. The number of nitrogens with zero attached hydrogens (tertiary/aromatic N) is 1. The van der Waals surface area contributed by atoms with Crippen LogP contribution in [0.25, 0.3) is 0 Å². The second-order valence-electron chi connectivity index (χ2n) is 4.75. The molecule has 1 aromatic carbocycles.